The molecule has 0 radical (unpaired) electrons. The van der Waals surface area contributed by atoms with Crippen molar-refractivity contribution < 1.29 is 0 Å². The van der Waals surface area contributed by atoms with E-state index in [1.165, 1.54) is 35.1 Å². The number of benzene rings is 1. The lowest BCUT2D eigenvalue weighted by Crippen LogP contribution is -2.23. The van der Waals surface area contributed by atoms with Crippen molar-refractivity contribution in [1.29, 1.82) is 0 Å². The predicted octanol–water partition coefficient (Wildman–Crippen LogP) is 2.76. The Morgan fingerprint density at radius 3 is 2.70 bits per heavy atom. The van der Waals surface area contributed by atoms with Gasteiger partial charge >= 0.3 is 0 Å². The Balaban J connectivity index is 2.09. The van der Waals surface area contributed by atoms with Crippen LogP contribution in [0.15, 0.2) is 29.1 Å². The molecule has 104 valence electrons. The molecule has 1 aromatic carbocycles. The number of hydrogen-bond acceptors (Lipinski definition) is 3. The Bertz CT molecular complexity index is 706. The van der Waals surface area contributed by atoms with Crippen LogP contribution in [-0.2, 0) is 25.6 Å². The summed E-state index contributed by atoms with van der Waals surface area (Å²) in [5.74, 6) is 0.438. The molecule has 1 heterocycles. The minimum absolute atomic E-state index is 0.0679. The summed E-state index contributed by atoms with van der Waals surface area (Å²) < 4.78 is 1.40. The van der Waals surface area contributed by atoms with Crippen LogP contribution >= 0.6 is 12.6 Å². The highest BCUT2D eigenvalue weighted by Gasteiger charge is 2.12. The lowest BCUT2D eigenvalue weighted by molar-refractivity contribution is 0.685. The molecule has 0 unspecified atom stereocenters. The molecule has 1 aliphatic carbocycles. The summed E-state index contributed by atoms with van der Waals surface area (Å²) >= 11 is 4.22. The zero-order chi connectivity index (χ0) is 14.1. The van der Waals surface area contributed by atoms with Gasteiger partial charge in [-0.15, -0.1) is 0 Å². The summed E-state index contributed by atoms with van der Waals surface area (Å²) in [6.45, 7) is 0. The van der Waals surface area contributed by atoms with E-state index in [1.54, 1.807) is 7.05 Å². The Morgan fingerprint density at radius 1 is 1.20 bits per heavy atom. The summed E-state index contributed by atoms with van der Waals surface area (Å²) in [5.41, 5.74) is 5.45. The van der Waals surface area contributed by atoms with Gasteiger partial charge in [-0.25, -0.2) is 4.68 Å². The van der Waals surface area contributed by atoms with Gasteiger partial charge in [-0.1, -0.05) is 12.1 Å². The van der Waals surface area contributed by atoms with Crippen LogP contribution in [0, 0.1) is 0 Å². The summed E-state index contributed by atoms with van der Waals surface area (Å²) in [4.78, 5) is 11.9. The number of rotatable bonds is 2. The predicted molar refractivity (Wildman–Crippen MR) is 84.2 cm³/mol. The molecule has 1 aliphatic rings. The van der Waals surface area contributed by atoms with Gasteiger partial charge in [-0.2, -0.15) is 17.7 Å². The van der Waals surface area contributed by atoms with Crippen LogP contribution in [-0.4, -0.2) is 9.78 Å². The molecular formula is C16H18N2OS. The molecule has 20 heavy (non-hydrogen) atoms. The van der Waals surface area contributed by atoms with Crippen molar-refractivity contribution >= 4 is 12.6 Å². The van der Waals surface area contributed by atoms with E-state index in [9.17, 15) is 4.79 Å². The van der Waals surface area contributed by atoms with Crippen molar-refractivity contribution in [2.45, 2.75) is 31.4 Å². The third-order valence-corrected chi connectivity index (χ3v) is 4.29. The first-order valence-corrected chi connectivity index (χ1v) is 7.62. The highest BCUT2D eigenvalue weighted by molar-refractivity contribution is 7.79. The van der Waals surface area contributed by atoms with Gasteiger partial charge in [0.05, 0.1) is 5.69 Å². The SMILES string of the molecule is Cn1nc(-c2ccc3c(c2)CCCC3)cc(CS)c1=O. The third kappa shape index (κ3) is 2.40. The number of aromatic nitrogens is 2. The Labute approximate surface area is 124 Å². The van der Waals surface area contributed by atoms with Gasteiger partial charge in [-0.3, -0.25) is 4.79 Å². The summed E-state index contributed by atoms with van der Waals surface area (Å²) in [5, 5.41) is 4.37. The molecule has 0 bridgehead atoms. The first-order valence-electron chi connectivity index (χ1n) is 6.99. The van der Waals surface area contributed by atoms with Gasteiger partial charge in [0, 0.05) is 23.9 Å². The molecule has 0 amide bonds. The molecule has 1 aromatic heterocycles. The van der Waals surface area contributed by atoms with Crippen LogP contribution < -0.4 is 5.56 Å². The Morgan fingerprint density at radius 2 is 1.95 bits per heavy atom. The number of fused-ring (bicyclic) bond motifs is 1. The van der Waals surface area contributed by atoms with Crippen LogP contribution in [0.25, 0.3) is 11.3 Å². The minimum Gasteiger partial charge on any atom is -0.267 e. The number of nitrogens with zero attached hydrogens (tertiary/aromatic N) is 2. The maximum absolute atomic E-state index is 11.9. The van der Waals surface area contributed by atoms with Gasteiger partial charge < -0.3 is 0 Å². The van der Waals surface area contributed by atoms with E-state index in [1.807, 2.05) is 6.07 Å². The second kappa shape index (κ2) is 5.44. The second-order valence-electron chi connectivity index (χ2n) is 5.33. The molecule has 4 heteroatoms. The smallest absolute Gasteiger partial charge is 0.267 e. The van der Waals surface area contributed by atoms with Gasteiger partial charge in [0.1, 0.15) is 0 Å². The molecule has 0 aliphatic heterocycles. The molecule has 2 aromatic rings. The van der Waals surface area contributed by atoms with Crippen molar-refractivity contribution in [1.82, 2.24) is 9.78 Å². The topological polar surface area (TPSA) is 34.9 Å². The maximum atomic E-state index is 11.9. The van der Waals surface area contributed by atoms with Crippen LogP contribution in [0.3, 0.4) is 0 Å². The lowest BCUT2D eigenvalue weighted by atomic mass is 9.90. The quantitative estimate of drug-likeness (QED) is 0.862. The fourth-order valence-electron chi connectivity index (χ4n) is 2.82. The lowest BCUT2D eigenvalue weighted by Gasteiger charge is -2.16. The van der Waals surface area contributed by atoms with Crippen LogP contribution in [0.1, 0.15) is 29.5 Å². The number of hydrogen-bond donors (Lipinski definition) is 1. The molecule has 3 nitrogen and oxygen atoms in total. The minimum atomic E-state index is -0.0679. The first kappa shape index (κ1) is 13.4. The maximum Gasteiger partial charge on any atom is 0.270 e. The van der Waals surface area contributed by atoms with E-state index >= 15 is 0 Å². The van der Waals surface area contributed by atoms with Gasteiger partial charge in [-0.05, 0) is 48.9 Å². The second-order valence-corrected chi connectivity index (χ2v) is 5.65. The fourth-order valence-corrected chi connectivity index (χ4v) is 3.04. The first-order chi connectivity index (χ1) is 9.69. The Kier molecular flexibility index (Phi) is 3.66. The van der Waals surface area contributed by atoms with E-state index < -0.39 is 0 Å². The summed E-state index contributed by atoms with van der Waals surface area (Å²) in [6, 6.07) is 8.40. The van der Waals surface area contributed by atoms with Gasteiger partial charge in [0.25, 0.3) is 5.56 Å². The van der Waals surface area contributed by atoms with E-state index in [-0.39, 0.29) is 5.56 Å². The van der Waals surface area contributed by atoms with Gasteiger partial charge in [0.15, 0.2) is 0 Å². The number of aryl methyl sites for hydroxylation is 3. The molecule has 0 N–H and O–H groups in total. The third-order valence-electron chi connectivity index (χ3n) is 3.95. The van der Waals surface area contributed by atoms with Crippen LogP contribution in [0.2, 0.25) is 0 Å². The average Bonchev–Trinajstić information content (AvgIpc) is 2.49. The zero-order valence-electron chi connectivity index (χ0n) is 11.6. The highest BCUT2D eigenvalue weighted by atomic mass is 32.1. The monoisotopic (exact) mass is 286 g/mol. The van der Waals surface area contributed by atoms with Crippen LogP contribution in [0.5, 0.6) is 0 Å². The molecule has 0 saturated carbocycles. The highest BCUT2D eigenvalue weighted by Crippen LogP contribution is 2.26. The van der Waals surface area contributed by atoms with Crippen molar-refractivity contribution in [2.24, 2.45) is 7.05 Å². The summed E-state index contributed by atoms with van der Waals surface area (Å²) in [7, 11) is 1.69. The average molecular weight is 286 g/mol. The molecule has 3 rings (SSSR count). The zero-order valence-corrected chi connectivity index (χ0v) is 12.5. The van der Waals surface area contributed by atoms with Crippen molar-refractivity contribution in [3.8, 4) is 11.3 Å². The largest absolute Gasteiger partial charge is 0.270 e. The molecular weight excluding hydrogens is 268 g/mol. The molecule has 0 spiro atoms. The summed E-state index contributed by atoms with van der Waals surface area (Å²) in [6.07, 6.45) is 4.87. The fraction of sp³-hybridized carbons (Fsp3) is 0.375. The van der Waals surface area contributed by atoms with E-state index in [2.05, 4.69) is 35.9 Å². The van der Waals surface area contributed by atoms with Crippen molar-refractivity contribution in [3.05, 3.63) is 51.3 Å². The number of thiol groups is 1. The molecule has 0 fully saturated rings. The van der Waals surface area contributed by atoms with E-state index in [0.29, 0.717) is 11.3 Å². The van der Waals surface area contributed by atoms with Crippen molar-refractivity contribution in [3.63, 3.8) is 0 Å². The standard InChI is InChI=1S/C16H18N2OS/c1-18-16(19)14(10-20)9-15(17-18)13-7-6-11-4-2-3-5-12(11)8-13/h6-9,20H,2-5,10H2,1H3. The van der Waals surface area contributed by atoms with Crippen molar-refractivity contribution in [2.75, 3.05) is 0 Å². The molecule has 0 atom stereocenters. The van der Waals surface area contributed by atoms with E-state index in [4.69, 9.17) is 0 Å². The van der Waals surface area contributed by atoms with Crippen LogP contribution in [0.4, 0.5) is 0 Å². The molecule has 0 saturated heterocycles. The van der Waals surface area contributed by atoms with E-state index in [0.717, 1.165) is 17.7 Å². The van der Waals surface area contributed by atoms with Gasteiger partial charge in [0.2, 0.25) is 0 Å². The Hall–Kier alpha value is -1.55. The normalized spacial score (nSPS) is 14.1.